The first-order chi connectivity index (χ1) is 16.9. The first kappa shape index (κ1) is 23.0. The number of likely N-dealkylation sites (tertiary alicyclic amines) is 1. The van der Waals surface area contributed by atoms with Gasteiger partial charge in [0.2, 0.25) is 6.79 Å². The largest absolute Gasteiger partial charge is 0.454 e. The molecule has 0 unspecified atom stereocenters. The van der Waals surface area contributed by atoms with Gasteiger partial charge in [-0.15, -0.1) is 11.3 Å². The fourth-order valence-corrected chi connectivity index (χ4v) is 6.81. The van der Waals surface area contributed by atoms with Gasteiger partial charge in [0.05, 0.1) is 29.7 Å². The highest BCUT2D eigenvalue weighted by atomic mass is 35.5. The Morgan fingerprint density at radius 3 is 2.80 bits per heavy atom. The number of rotatable bonds is 7. The fraction of sp³-hybridized carbons (Fsp3) is 0.407. The molecule has 0 spiro atoms. The summed E-state index contributed by atoms with van der Waals surface area (Å²) >= 11 is 8.21. The third-order valence-corrected chi connectivity index (χ3v) is 8.96. The van der Waals surface area contributed by atoms with Crippen LogP contribution in [0.5, 0.6) is 11.5 Å². The number of hydrogen-bond acceptors (Lipinski definition) is 7. The molecule has 3 aromatic rings. The molecule has 6 nitrogen and oxygen atoms in total. The molecule has 0 amide bonds. The van der Waals surface area contributed by atoms with Crippen molar-refractivity contribution >= 4 is 28.7 Å². The number of nitrogens with zero attached hydrogens (tertiary/aromatic N) is 2. The van der Waals surface area contributed by atoms with Gasteiger partial charge < -0.3 is 14.6 Å². The number of carbonyl (C=O) groups excluding carboxylic acids is 1. The number of β-amino-alcohol motifs (C(OH)–C–C–N with tert-alkyl or cyclic N) is 1. The number of aliphatic hydroxyl groups excluding tert-OH is 1. The van der Waals surface area contributed by atoms with Crippen molar-refractivity contribution in [3.05, 3.63) is 74.2 Å². The van der Waals surface area contributed by atoms with Crippen LogP contribution in [0.1, 0.15) is 52.0 Å². The lowest BCUT2D eigenvalue weighted by Crippen LogP contribution is -2.28. The highest BCUT2D eigenvalue weighted by Crippen LogP contribution is 2.52. The van der Waals surface area contributed by atoms with Gasteiger partial charge in [-0.2, -0.15) is 0 Å². The molecule has 1 saturated heterocycles. The number of fused-ring (bicyclic) bond motifs is 1. The van der Waals surface area contributed by atoms with E-state index in [9.17, 15) is 9.90 Å². The molecule has 1 saturated carbocycles. The Hall–Kier alpha value is -2.45. The van der Waals surface area contributed by atoms with Crippen molar-refractivity contribution in [2.75, 3.05) is 19.9 Å². The van der Waals surface area contributed by atoms with Crippen LogP contribution in [0, 0.1) is 6.92 Å². The van der Waals surface area contributed by atoms with Crippen molar-refractivity contribution < 1.29 is 19.4 Å². The van der Waals surface area contributed by atoms with Gasteiger partial charge in [0, 0.05) is 23.0 Å². The van der Waals surface area contributed by atoms with Crippen molar-refractivity contribution in [1.82, 2.24) is 9.88 Å². The monoisotopic (exact) mass is 510 g/mol. The van der Waals surface area contributed by atoms with Crippen molar-refractivity contribution in [3.8, 4) is 11.5 Å². The van der Waals surface area contributed by atoms with E-state index in [0.717, 1.165) is 58.3 Å². The third kappa shape index (κ3) is 4.14. The van der Waals surface area contributed by atoms with Gasteiger partial charge in [-0.25, -0.2) is 4.98 Å². The Balaban J connectivity index is 1.28. The van der Waals surface area contributed by atoms with Crippen molar-refractivity contribution in [2.24, 2.45) is 0 Å². The van der Waals surface area contributed by atoms with E-state index in [-0.39, 0.29) is 24.7 Å². The summed E-state index contributed by atoms with van der Waals surface area (Å²) < 4.78 is 11.0. The first-order valence-corrected chi connectivity index (χ1v) is 13.2. The summed E-state index contributed by atoms with van der Waals surface area (Å²) in [5.74, 6) is 1.64. The smallest absolute Gasteiger partial charge is 0.231 e. The minimum absolute atomic E-state index is 0.0917. The predicted octanol–water partition coefficient (Wildman–Crippen LogP) is 4.83. The Bertz CT molecular complexity index is 1290. The Labute approximate surface area is 213 Å². The zero-order valence-electron chi connectivity index (χ0n) is 19.5. The van der Waals surface area contributed by atoms with E-state index in [1.165, 1.54) is 0 Å². The van der Waals surface area contributed by atoms with Crippen LogP contribution in [0.4, 0.5) is 0 Å². The van der Waals surface area contributed by atoms with Crippen LogP contribution in [0.25, 0.3) is 0 Å². The Kier molecular flexibility index (Phi) is 5.84. The molecule has 1 N–H and O–H groups in total. The normalized spacial score (nSPS) is 21.3. The van der Waals surface area contributed by atoms with E-state index in [0.29, 0.717) is 23.7 Å². The van der Waals surface area contributed by atoms with Crippen LogP contribution in [0.3, 0.4) is 0 Å². The molecule has 1 aromatic heterocycles. The molecule has 2 aliphatic heterocycles. The molecule has 2 atom stereocenters. The molecule has 3 heterocycles. The number of aromatic nitrogens is 1. The van der Waals surface area contributed by atoms with Crippen LogP contribution in [-0.4, -0.2) is 46.8 Å². The lowest BCUT2D eigenvalue weighted by Gasteiger charge is -2.28. The minimum atomic E-state index is -0.456. The number of aliphatic hydroxyl groups is 1. The van der Waals surface area contributed by atoms with Crippen LogP contribution >= 0.6 is 22.9 Å². The van der Waals surface area contributed by atoms with Crippen LogP contribution in [0.15, 0.2) is 42.5 Å². The molecule has 35 heavy (non-hydrogen) atoms. The van der Waals surface area contributed by atoms with E-state index in [4.69, 9.17) is 26.1 Å². The van der Waals surface area contributed by atoms with E-state index >= 15 is 0 Å². The molecule has 2 fully saturated rings. The van der Waals surface area contributed by atoms with E-state index < -0.39 is 5.41 Å². The van der Waals surface area contributed by atoms with Crippen LogP contribution in [0.2, 0.25) is 5.02 Å². The number of Topliss-reactive ketones (excluding diaryl/α,β-unsaturated/α-hetero) is 1. The van der Waals surface area contributed by atoms with E-state index in [2.05, 4.69) is 4.90 Å². The van der Waals surface area contributed by atoms with Gasteiger partial charge in [-0.1, -0.05) is 35.9 Å². The maximum Gasteiger partial charge on any atom is 0.231 e. The summed E-state index contributed by atoms with van der Waals surface area (Å²) in [4.78, 5) is 21.7. The second-order valence-corrected chi connectivity index (χ2v) is 11.2. The number of aryl methyl sites for hydroxylation is 1. The molecule has 8 heteroatoms. The highest BCUT2D eigenvalue weighted by molar-refractivity contribution is 7.12. The van der Waals surface area contributed by atoms with Crippen LogP contribution in [-0.2, 0) is 16.6 Å². The summed E-state index contributed by atoms with van der Waals surface area (Å²) in [6.07, 6.45) is 2.39. The summed E-state index contributed by atoms with van der Waals surface area (Å²) in [6.45, 7) is 3.60. The lowest BCUT2D eigenvalue weighted by atomic mass is 9.89. The van der Waals surface area contributed by atoms with Gasteiger partial charge in [0.15, 0.2) is 11.5 Å². The maximum atomic E-state index is 13.5. The lowest BCUT2D eigenvalue weighted by molar-refractivity contribution is -0.120. The van der Waals surface area contributed by atoms with Crippen molar-refractivity contribution in [1.29, 1.82) is 0 Å². The standard InChI is InChI=1S/C27H27ClN2O4S/c1-16-26(25(30-11-8-18(31)14-30)19-4-2-3-5-20(19)28)35-24(29-16)13-23(32)27(9-10-27)17-6-7-21-22(12-17)34-15-33-21/h2-7,12,18,25,31H,8-11,13-15H2,1H3/t18-,25-/m0/s1. The predicted molar refractivity (Wildman–Crippen MR) is 135 cm³/mol. The van der Waals surface area contributed by atoms with E-state index in [1.807, 2.05) is 49.4 Å². The quantitative estimate of drug-likeness (QED) is 0.490. The van der Waals surface area contributed by atoms with Crippen LogP contribution < -0.4 is 9.47 Å². The van der Waals surface area contributed by atoms with Gasteiger partial charge in [0.25, 0.3) is 0 Å². The molecule has 2 aromatic carbocycles. The topological polar surface area (TPSA) is 71.9 Å². The summed E-state index contributed by atoms with van der Waals surface area (Å²) in [5, 5.41) is 11.7. The highest BCUT2D eigenvalue weighted by Gasteiger charge is 2.51. The Morgan fingerprint density at radius 2 is 2.06 bits per heavy atom. The van der Waals surface area contributed by atoms with Gasteiger partial charge in [-0.05, 0) is 55.5 Å². The number of carbonyl (C=O) groups is 1. The van der Waals surface area contributed by atoms with Crippen molar-refractivity contribution in [2.45, 2.75) is 50.2 Å². The molecule has 0 radical (unpaired) electrons. The van der Waals surface area contributed by atoms with Gasteiger partial charge in [0.1, 0.15) is 10.8 Å². The van der Waals surface area contributed by atoms with Gasteiger partial charge >= 0.3 is 0 Å². The summed E-state index contributed by atoms with van der Waals surface area (Å²) in [5.41, 5.74) is 2.46. The second-order valence-electron chi connectivity index (χ2n) is 9.67. The zero-order chi connectivity index (χ0) is 24.2. The average molecular weight is 511 g/mol. The number of hydrogen-bond donors (Lipinski definition) is 1. The molecule has 182 valence electrons. The SMILES string of the molecule is Cc1nc(CC(=O)C2(c3ccc4c(c3)OCO4)CC2)sc1[C@H](c1ccccc1Cl)N1CC[C@H](O)C1. The third-order valence-electron chi connectivity index (χ3n) is 7.41. The summed E-state index contributed by atoms with van der Waals surface area (Å²) in [7, 11) is 0. The zero-order valence-corrected chi connectivity index (χ0v) is 21.1. The molecule has 0 bridgehead atoms. The Morgan fingerprint density at radius 1 is 1.26 bits per heavy atom. The minimum Gasteiger partial charge on any atom is -0.454 e. The fourth-order valence-electron chi connectivity index (χ4n) is 5.35. The first-order valence-electron chi connectivity index (χ1n) is 12.0. The van der Waals surface area contributed by atoms with Gasteiger partial charge in [-0.3, -0.25) is 9.69 Å². The molecule has 6 rings (SSSR count). The molecular formula is C27H27ClN2O4S. The van der Waals surface area contributed by atoms with E-state index in [1.54, 1.807) is 11.3 Å². The van der Waals surface area contributed by atoms with Crippen molar-refractivity contribution in [3.63, 3.8) is 0 Å². The second kappa shape index (κ2) is 8.89. The summed E-state index contributed by atoms with van der Waals surface area (Å²) in [6, 6.07) is 13.6. The molecular weight excluding hydrogens is 484 g/mol. The molecule has 3 aliphatic rings. The number of halogens is 1. The number of ether oxygens (including phenoxy) is 2. The number of ketones is 1. The average Bonchev–Trinajstić information content (AvgIpc) is 3.13. The number of thiazole rings is 1. The maximum absolute atomic E-state index is 13.5. The number of benzene rings is 2. The molecule has 1 aliphatic carbocycles.